The lowest BCUT2D eigenvalue weighted by Crippen LogP contribution is -2.28. The Labute approximate surface area is 118 Å². The summed E-state index contributed by atoms with van der Waals surface area (Å²) < 4.78 is 5.02. The highest BCUT2D eigenvalue weighted by Crippen LogP contribution is 3.02. The van der Waals surface area contributed by atoms with Crippen LogP contribution in [0.4, 0.5) is 0 Å². The first-order valence-corrected chi connectivity index (χ1v) is 7.51. The maximum atomic E-state index is 12.3. The van der Waals surface area contributed by atoms with E-state index in [4.69, 9.17) is 9.84 Å². The molecule has 0 amide bonds. The highest BCUT2D eigenvalue weighted by Gasteiger charge is 2.98. The van der Waals surface area contributed by atoms with Crippen molar-refractivity contribution in [2.24, 2.45) is 39.4 Å². The Bertz CT molecular complexity index is 549. The topological polar surface area (TPSA) is 63.6 Å². The average molecular weight is 278 g/mol. The van der Waals surface area contributed by atoms with Gasteiger partial charge in [0.05, 0.1) is 5.92 Å². The highest BCUT2D eigenvalue weighted by atomic mass is 16.5. The number of fused-ring (bicyclic) bond motifs is 1. The van der Waals surface area contributed by atoms with Gasteiger partial charge in [0.25, 0.3) is 0 Å². The highest BCUT2D eigenvalue weighted by molar-refractivity contribution is 5.80. The molecule has 110 valence electrons. The molecular formula is C16H22O4. The van der Waals surface area contributed by atoms with Crippen molar-refractivity contribution >= 4 is 11.9 Å². The van der Waals surface area contributed by atoms with Gasteiger partial charge >= 0.3 is 11.9 Å². The van der Waals surface area contributed by atoms with Crippen LogP contribution in [0.25, 0.3) is 0 Å². The van der Waals surface area contributed by atoms with E-state index in [2.05, 4.69) is 27.7 Å². The summed E-state index contributed by atoms with van der Waals surface area (Å²) in [6.07, 6.45) is 2.05. The Kier molecular flexibility index (Phi) is 1.85. The molecule has 4 fully saturated rings. The molecule has 4 nitrogen and oxygen atoms in total. The van der Waals surface area contributed by atoms with Crippen LogP contribution in [0.15, 0.2) is 0 Å². The van der Waals surface area contributed by atoms with Gasteiger partial charge in [0.2, 0.25) is 0 Å². The summed E-state index contributed by atoms with van der Waals surface area (Å²) in [5.74, 6) is -0.0519. The maximum Gasteiger partial charge on any atom is 0.341 e. The van der Waals surface area contributed by atoms with Crippen molar-refractivity contribution in [3.05, 3.63) is 0 Å². The van der Waals surface area contributed by atoms with Gasteiger partial charge in [-0.25, -0.2) is 4.79 Å². The van der Waals surface area contributed by atoms with Crippen LogP contribution in [0, 0.1) is 39.4 Å². The summed E-state index contributed by atoms with van der Waals surface area (Å²) >= 11 is 0. The van der Waals surface area contributed by atoms with Crippen molar-refractivity contribution in [1.82, 2.24) is 0 Å². The predicted octanol–water partition coefficient (Wildman–Crippen LogP) is 2.32. The Morgan fingerprint density at radius 1 is 1.15 bits per heavy atom. The van der Waals surface area contributed by atoms with Crippen LogP contribution in [0.2, 0.25) is 0 Å². The van der Waals surface area contributed by atoms with E-state index in [0.717, 1.165) is 18.8 Å². The zero-order chi connectivity index (χ0) is 14.7. The standard InChI is InChI=1S/C16H22O4/c1-13(2)10-11-14(3,4)16(11)7-15(10,13)5-8(16)12(19)20-6-9(17)18/h8,10-11H,5-7H2,1-4H3,(H,17,18). The van der Waals surface area contributed by atoms with Gasteiger partial charge in [-0.2, -0.15) is 0 Å². The van der Waals surface area contributed by atoms with Crippen molar-refractivity contribution < 1.29 is 19.4 Å². The molecule has 4 aliphatic carbocycles. The first kappa shape index (κ1) is 12.7. The Hall–Kier alpha value is -1.06. The largest absolute Gasteiger partial charge is 0.479 e. The molecule has 2 bridgehead atoms. The van der Waals surface area contributed by atoms with E-state index in [-0.39, 0.29) is 22.7 Å². The summed E-state index contributed by atoms with van der Waals surface area (Å²) in [6, 6.07) is 0. The van der Waals surface area contributed by atoms with E-state index in [9.17, 15) is 9.59 Å². The number of ether oxygens (including phenoxy) is 1. The van der Waals surface area contributed by atoms with Gasteiger partial charge < -0.3 is 9.84 Å². The Balaban J connectivity index is 1.63. The quantitative estimate of drug-likeness (QED) is 0.805. The van der Waals surface area contributed by atoms with E-state index in [1.54, 1.807) is 0 Å². The van der Waals surface area contributed by atoms with Crippen LogP contribution < -0.4 is 0 Å². The number of carbonyl (C=O) groups is 2. The zero-order valence-corrected chi connectivity index (χ0v) is 12.5. The predicted molar refractivity (Wildman–Crippen MR) is 70.7 cm³/mol. The molecule has 0 saturated heterocycles. The lowest BCUT2D eigenvalue weighted by Gasteiger charge is -2.21. The minimum Gasteiger partial charge on any atom is -0.479 e. The van der Waals surface area contributed by atoms with E-state index in [1.807, 2.05) is 0 Å². The Morgan fingerprint density at radius 3 is 2.35 bits per heavy atom. The van der Waals surface area contributed by atoms with Crippen LogP contribution in [0.5, 0.6) is 0 Å². The molecule has 0 aliphatic heterocycles. The molecule has 4 heteroatoms. The number of hydrogen-bond acceptors (Lipinski definition) is 3. The van der Waals surface area contributed by atoms with Gasteiger partial charge in [-0.3, -0.25) is 4.79 Å². The molecule has 0 radical (unpaired) electrons. The van der Waals surface area contributed by atoms with Crippen molar-refractivity contribution in [1.29, 1.82) is 0 Å². The summed E-state index contributed by atoms with van der Waals surface area (Å²) in [4.78, 5) is 22.9. The molecule has 2 spiro atoms. The molecule has 5 unspecified atom stereocenters. The van der Waals surface area contributed by atoms with Crippen LogP contribution in [0.1, 0.15) is 40.5 Å². The van der Waals surface area contributed by atoms with Gasteiger partial charge in [0.15, 0.2) is 6.61 Å². The third kappa shape index (κ3) is 0.961. The second kappa shape index (κ2) is 2.93. The van der Waals surface area contributed by atoms with E-state index < -0.39 is 12.6 Å². The minimum atomic E-state index is -1.08. The third-order valence-electron chi connectivity index (χ3n) is 7.78. The van der Waals surface area contributed by atoms with Crippen molar-refractivity contribution in [2.75, 3.05) is 6.61 Å². The molecule has 0 aromatic heterocycles. The number of esters is 1. The second-order valence-corrected chi connectivity index (χ2v) is 8.53. The number of hydrogen-bond donors (Lipinski definition) is 1. The molecular weight excluding hydrogens is 256 g/mol. The van der Waals surface area contributed by atoms with Gasteiger partial charge in [-0.15, -0.1) is 0 Å². The summed E-state index contributed by atoms with van der Waals surface area (Å²) in [7, 11) is 0. The monoisotopic (exact) mass is 278 g/mol. The molecule has 1 N–H and O–H groups in total. The number of carboxylic acid groups (broad SMARTS) is 1. The fourth-order valence-corrected chi connectivity index (χ4v) is 6.89. The van der Waals surface area contributed by atoms with E-state index >= 15 is 0 Å². The first-order chi connectivity index (χ1) is 9.13. The second-order valence-electron chi connectivity index (χ2n) is 8.53. The summed E-state index contributed by atoms with van der Waals surface area (Å²) in [6.45, 7) is 8.72. The Morgan fingerprint density at radius 2 is 1.80 bits per heavy atom. The fourth-order valence-electron chi connectivity index (χ4n) is 6.89. The molecule has 0 heterocycles. The van der Waals surface area contributed by atoms with Crippen LogP contribution in [-0.2, 0) is 14.3 Å². The van der Waals surface area contributed by atoms with Gasteiger partial charge in [0.1, 0.15) is 0 Å². The fraction of sp³-hybridized carbons (Fsp3) is 0.875. The van der Waals surface area contributed by atoms with Crippen LogP contribution >= 0.6 is 0 Å². The molecule has 5 atom stereocenters. The molecule has 0 aromatic rings. The first-order valence-electron chi connectivity index (χ1n) is 7.51. The van der Waals surface area contributed by atoms with Crippen molar-refractivity contribution in [3.8, 4) is 0 Å². The van der Waals surface area contributed by atoms with Crippen LogP contribution in [-0.4, -0.2) is 23.7 Å². The molecule has 4 aliphatic rings. The number of carbonyl (C=O) groups excluding carboxylic acids is 1. The lowest BCUT2D eigenvalue weighted by molar-refractivity contribution is -0.160. The lowest BCUT2D eigenvalue weighted by atomic mass is 9.84. The summed E-state index contributed by atoms with van der Waals surface area (Å²) in [5, 5.41) is 8.68. The summed E-state index contributed by atoms with van der Waals surface area (Å²) in [5.41, 5.74) is 0.984. The average Bonchev–Trinajstić information content (AvgIpc) is 2.89. The maximum absolute atomic E-state index is 12.3. The third-order valence-corrected chi connectivity index (χ3v) is 7.78. The molecule has 0 aromatic carbocycles. The van der Waals surface area contributed by atoms with E-state index in [1.165, 1.54) is 0 Å². The minimum absolute atomic E-state index is 0.0834. The number of carboxylic acids is 1. The zero-order valence-electron chi connectivity index (χ0n) is 12.5. The number of aliphatic carboxylic acids is 1. The van der Waals surface area contributed by atoms with Crippen LogP contribution in [0.3, 0.4) is 0 Å². The van der Waals surface area contributed by atoms with E-state index in [0.29, 0.717) is 16.7 Å². The molecule has 20 heavy (non-hydrogen) atoms. The van der Waals surface area contributed by atoms with Gasteiger partial charge in [-0.1, -0.05) is 27.7 Å². The van der Waals surface area contributed by atoms with Crippen molar-refractivity contribution in [3.63, 3.8) is 0 Å². The normalized spacial score (nSPS) is 51.1. The smallest absolute Gasteiger partial charge is 0.341 e. The number of rotatable bonds is 3. The van der Waals surface area contributed by atoms with Gasteiger partial charge in [0, 0.05) is 0 Å². The SMILES string of the molecule is CC1(C)C2C3C(C)(C)C34CC21CC4C(=O)OCC(=O)O. The molecule has 4 saturated carbocycles. The van der Waals surface area contributed by atoms with Crippen molar-refractivity contribution in [2.45, 2.75) is 40.5 Å². The van der Waals surface area contributed by atoms with Gasteiger partial charge in [-0.05, 0) is 46.3 Å². The molecule has 4 rings (SSSR count).